The zero-order valence-corrected chi connectivity index (χ0v) is 18.5. The van der Waals surface area contributed by atoms with Gasteiger partial charge in [0.15, 0.2) is 11.5 Å². The van der Waals surface area contributed by atoms with Gasteiger partial charge in [-0.2, -0.15) is 0 Å². The van der Waals surface area contributed by atoms with E-state index in [1.165, 1.54) is 11.6 Å². The Bertz CT molecular complexity index is 874. The Labute approximate surface area is 184 Å². The molecule has 0 spiro atoms. The molecule has 0 aromatic heterocycles. The van der Waals surface area contributed by atoms with Crippen molar-refractivity contribution >= 4 is 18.0 Å². The second-order valence-corrected chi connectivity index (χ2v) is 7.10. The summed E-state index contributed by atoms with van der Waals surface area (Å²) in [5.74, 6) is 0.739. The molecule has 0 bridgehead atoms. The average molecular weight is 426 g/mol. The number of rotatable bonds is 12. The van der Waals surface area contributed by atoms with Gasteiger partial charge in [-0.1, -0.05) is 42.8 Å². The number of nitrogens with one attached hydrogen (secondary N) is 1. The maximum absolute atomic E-state index is 11.9. The van der Waals surface area contributed by atoms with Gasteiger partial charge in [0.2, 0.25) is 5.91 Å². The fraction of sp³-hybridized carbons (Fsp3) is 0.360. The third-order valence-corrected chi connectivity index (χ3v) is 4.49. The number of hydrogen-bond acceptors (Lipinski definition) is 5. The third kappa shape index (κ3) is 8.95. The van der Waals surface area contributed by atoms with Crippen molar-refractivity contribution in [3.05, 3.63) is 65.2 Å². The molecule has 0 aliphatic heterocycles. The summed E-state index contributed by atoms with van der Waals surface area (Å²) in [7, 11) is 1.57. The summed E-state index contributed by atoms with van der Waals surface area (Å²) in [5, 5.41) is 2.76. The molecule has 1 N–H and O–H groups in total. The van der Waals surface area contributed by atoms with E-state index in [4.69, 9.17) is 14.2 Å². The van der Waals surface area contributed by atoms with Crippen molar-refractivity contribution in [1.29, 1.82) is 0 Å². The van der Waals surface area contributed by atoms with E-state index >= 15 is 0 Å². The maximum atomic E-state index is 11.9. The highest BCUT2D eigenvalue weighted by molar-refractivity contribution is 5.87. The predicted molar refractivity (Wildman–Crippen MR) is 121 cm³/mol. The number of hydrogen-bond donors (Lipinski definition) is 1. The van der Waals surface area contributed by atoms with Crippen molar-refractivity contribution in [2.75, 3.05) is 26.9 Å². The van der Waals surface area contributed by atoms with Crippen LogP contribution in [-0.4, -0.2) is 38.7 Å². The Morgan fingerprint density at radius 2 is 1.81 bits per heavy atom. The van der Waals surface area contributed by atoms with Crippen LogP contribution >= 0.6 is 0 Å². The lowest BCUT2D eigenvalue weighted by molar-refractivity contribution is -0.138. The number of amides is 1. The maximum Gasteiger partial charge on any atom is 0.330 e. The summed E-state index contributed by atoms with van der Waals surface area (Å²) in [6.07, 6.45) is 4.98. The first-order valence-corrected chi connectivity index (χ1v) is 10.5. The standard InChI is InChI=1S/C25H31NO5/c1-4-16-30-22-12-9-21(18-23(22)29-3)11-14-25(28)31-17-15-26-24(27)13-10-20-7-5-19(2)6-8-20/h5-9,11-12,14,18H,4,10,13,15-17H2,1-3H3,(H,26,27)/b14-11+. The van der Waals surface area contributed by atoms with Crippen LogP contribution in [0.2, 0.25) is 0 Å². The highest BCUT2D eigenvalue weighted by Gasteiger charge is 2.06. The van der Waals surface area contributed by atoms with Gasteiger partial charge in [-0.25, -0.2) is 4.79 Å². The fourth-order valence-electron chi connectivity index (χ4n) is 2.77. The third-order valence-electron chi connectivity index (χ3n) is 4.49. The lowest BCUT2D eigenvalue weighted by atomic mass is 10.1. The number of esters is 1. The van der Waals surface area contributed by atoms with Crippen LogP contribution in [0.4, 0.5) is 0 Å². The molecule has 31 heavy (non-hydrogen) atoms. The van der Waals surface area contributed by atoms with Gasteiger partial charge in [-0.15, -0.1) is 0 Å². The Morgan fingerprint density at radius 1 is 1.03 bits per heavy atom. The summed E-state index contributed by atoms with van der Waals surface area (Å²) in [4.78, 5) is 23.8. The molecule has 2 aromatic rings. The highest BCUT2D eigenvalue weighted by Crippen LogP contribution is 2.28. The highest BCUT2D eigenvalue weighted by atomic mass is 16.5. The Kier molecular flexibility index (Phi) is 10.1. The topological polar surface area (TPSA) is 73.9 Å². The first-order valence-electron chi connectivity index (χ1n) is 10.5. The van der Waals surface area contributed by atoms with Crippen LogP contribution in [0, 0.1) is 6.92 Å². The van der Waals surface area contributed by atoms with Gasteiger partial charge in [0, 0.05) is 12.5 Å². The van der Waals surface area contributed by atoms with Crippen LogP contribution in [0.5, 0.6) is 11.5 Å². The first-order chi connectivity index (χ1) is 15.0. The Morgan fingerprint density at radius 3 is 2.52 bits per heavy atom. The van der Waals surface area contributed by atoms with Crippen LogP contribution in [0.1, 0.15) is 36.5 Å². The smallest absolute Gasteiger partial charge is 0.330 e. The predicted octanol–water partition coefficient (Wildman–Crippen LogP) is 4.10. The zero-order chi connectivity index (χ0) is 22.5. The minimum Gasteiger partial charge on any atom is -0.493 e. The molecule has 0 atom stereocenters. The van der Waals surface area contributed by atoms with E-state index in [0.717, 1.165) is 17.5 Å². The van der Waals surface area contributed by atoms with E-state index < -0.39 is 5.97 Å². The minimum atomic E-state index is -0.473. The van der Waals surface area contributed by atoms with Crippen molar-refractivity contribution in [3.8, 4) is 11.5 Å². The van der Waals surface area contributed by atoms with Crippen molar-refractivity contribution in [3.63, 3.8) is 0 Å². The van der Waals surface area contributed by atoms with Gasteiger partial charge >= 0.3 is 5.97 Å². The van der Waals surface area contributed by atoms with E-state index in [9.17, 15) is 9.59 Å². The molecule has 0 saturated heterocycles. The number of aryl methyl sites for hydroxylation is 2. The molecule has 2 rings (SSSR count). The molecule has 1 amide bonds. The molecule has 0 unspecified atom stereocenters. The molecule has 0 saturated carbocycles. The molecular formula is C25H31NO5. The monoisotopic (exact) mass is 425 g/mol. The fourth-order valence-corrected chi connectivity index (χ4v) is 2.77. The SMILES string of the molecule is CCCOc1ccc(/C=C/C(=O)OCCNC(=O)CCc2ccc(C)cc2)cc1OC. The molecule has 6 nitrogen and oxygen atoms in total. The van der Waals surface area contributed by atoms with Crippen LogP contribution in [0.25, 0.3) is 6.08 Å². The van der Waals surface area contributed by atoms with E-state index in [0.29, 0.717) is 30.9 Å². The molecule has 6 heteroatoms. The summed E-state index contributed by atoms with van der Waals surface area (Å²) >= 11 is 0. The van der Waals surface area contributed by atoms with Gasteiger partial charge in [-0.3, -0.25) is 4.79 Å². The molecular weight excluding hydrogens is 394 g/mol. The van der Waals surface area contributed by atoms with Gasteiger partial charge in [0.05, 0.1) is 20.3 Å². The normalized spacial score (nSPS) is 10.7. The van der Waals surface area contributed by atoms with Crippen molar-refractivity contribution in [2.24, 2.45) is 0 Å². The minimum absolute atomic E-state index is 0.0651. The Balaban J connectivity index is 1.68. The van der Waals surface area contributed by atoms with Crippen molar-refractivity contribution in [2.45, 2.75) is 33.1 Å². The van der Waals surface area contributed by atoms with Gasteiger partial charge in [0.1, 0.15) is 6.61 Å². The molecule has 0 fully saturated rings. The van der Waals surface area contributed by atoms with Crippen LogP contribution in [0.15, 0.2) is 48.5 Å². The number of carbonyl (C=O) groups is 2. The number of methoxy groups -OCH3 is 1. The first kappa shape index (κ1) is 24.0. The second-order valence-electron chi connectivity index (χ2n) is 7.10. The van der Waals surface area contributed by atoms with Crippen LogP contribution < -0.4 is 14.8 Å². The number of benzene rings is 2. The van der Waals surface area contributed by atoms with E-state index in [-0.39, 0.29) is 19.1 Å². The Hall–Kier alpha value is -3.28. The van der Waals surface area contributed by atoms with Crippen molar-refractivity contribution < 1.29 is 23.8 Å². The van der Waals surface area contributed by atoms with Gasteiger partial charge in [0.25, 0.3) is 0 Å². The molecule has 166 valence electrons. The van der Waals surface area contributed by atoms with Crippen LogP contribution in [-0.2, 0) is 20.7 Å². The van der Waals surface area contributed by atoms with Crippen LogP contribution in [0.3, 0.4) is 0 Å². The summed E-state index contributed by atoms with van der Waals surface area (Å²) in [5.41, 5.74) is 3.11. The largest absolute Gasteiger partial charge is 0.493 e. The second kappa shape index (κ2) is 13.1. The van der Waals surface area contributed by atoms with Crippen molar-refractivity contribution in [1.82, 2.24) is 5.32 Å². The molecule has 0 heterocycles. The van der Waals surface area contributed by atoms with E-state index in [2.05, 4.69) is 5.32 Å². The van der Waals surface area contributed by atoms with Gasteiger partial charge in [-0.05, 0) is 49.1 Å². The number of ether oxygens (including phenoxy) is 3. The molecule has 0 aliphatic carbocycles. The average Bonchev–Trinajstić information content (AvgIpc) is 2.79. The number of carbonyl (C=O) groups excluding carboxylic acids is 2. The summed E-state index contributed by atoms with van der Waals surface area (Å²) in [6, 6.07) is 13.6. The lowest BCUT2D eigenvalue weighted by Crippen LogP contribution is -2.28. The molecule has 2 aromatic carbocycles. The van der Waals surface area contributed by atoms with Gasteiger partial charge < -0.3 is 19.5 Å². The van der Waals surface area contributed by atoms with E-state index in [1.54, 1.807) is 19.3 Å². The summed E-state index contributed by atoms with van der Waals surface area (Å²) < 4.78 is 16.1. The van der Waals surface area contributed by atoms with E-state index in [1.807, 2.05) is 50.2 Å². The molecule has 0 aliphatic rings. The zero-order valence-electron chi connectivity index (χ0n) is 18.5. The summed E-state index contributed by atoms with van der Waals surface area (Å²) in [6.45, 7) is 5.07. The lowest BCUT2D eigenvalue weighted by Gasteiger charge is -2.10. The molecule has 0 radical (unpaired) electrons. The quantitative estimate of drug-likeness (QED) is 0.315.